The normalized spacial score (nSPS) is 10.2. The average Bonchev–Trinajstić information content (AvgIpc) is 2.46. The smallest absolute Gasteiger partial charge is 0.337 e. The summed E-state index contributed by atoms with van der Waals surface area (Å²) < 4.78 is 0. The molecule has 0 saturated heterocycles. The molecule has 0 saturated carbocycles. The van der Waals surface area contributed by atoms with Gasteiger partial charge in [0.25, 0.3) is 0 Å². The largest absolute Gasteiger partial charge is 0.478 e. The van der Waals surface area contributed by atoms with Crippen molar-refractivity contribution in [3.05, 3.63) is 53.9 Å². The van der Waals surface area contributed by atoms with E-state index in [2.05, 4.69) is 4.98 Å². The Hall–Kier alpha value is -2.56. The van der Waals surface area contributed by atoms with Crippen LogP contribution in [0.3, 0.4) is 0 Å². The van der Waals surface area contributed by atoms with Crippen LogP contribution < -0.4 is 10.6 Å². The second kappa shape index (κ2) is 6.06. The van der Waals surface area contributed by atoms with Crippen molar-refractivity contribution >= 4 is 17.3 Å². The predicted octanol–water partition coefficient (Wildman–Crippen LogP) is 2.39. The first-order chi connectivity index (χ1) is 9.63. The number of pyridine rings is 1. The summed E-state index contributed by atoms with van der Waals surface area (Å²) in [4.78, 5) is 17.2. The Morgan fingerprint density at radius 1 is 1.30 bits per heavy atom. The van der Waals surface area contributed by atoms with Gasteiger partial charge in [-0.3, -0.25) is 4.98 Å². The number of carboxylic acid groups (broad SMARTS) is 1. The Labute approximate surface area is 117 Å². The van der Waals surface area contributed by atoms with E-state index in [1.807, 2.05) is 30.0 Å². The number of carbonyl (C=O) groups is 1. The molecule has 1 heterocycles. The molecule has 104 valence electrons. The first-order valence-electron chi connectivity index (χ1n) is 6.39. The number of carboxylic acids is 1. The number of nitrogens with zero attached hydrogens (tertiary/aromatic N) is 2. The molecule has 0 aliphatic heterocycles. The number of anilines is 2. The lowest BCUT2D eigenvalue weighted by molar-refractivity contribution is 0.0698. The minimum atomic E-state index is -1.01. The van der Waals surface area contributed by atoms with Crippen molar-refractivity contribution in [2.24, 2.45) is 0 Å². The molecule has 0 aliphatic rings. The summed E-state index contributed by atoms with van der Waals surface area (Å²) in [5.41, 5.74) is 8.26. The SMILES string of the molecule is CCN(Cc1ccncc1)c1cccc(C(=O)O)c1N. The van der Waals surface area contributed by atoms with Crippen LogP contribution in [-0.2, 0) is 6.54 Å². The van der Waals surface area contributed by atoms with Gasteiger partial charge in [-0.15, -0.1) is 0 Å². The maximum absolute atomic E-state index is 11.1. The lowest BCUT2D eigenvalue weighted by Gasteiger charge is -2.25. The fourth-order valence-electron chi connectivity index (χ4n) is 2.09. The Balaban J connectivity index is 2.33. The summed E-state index contributed by atoms with van der Waals surface area (Å²) in [5, 5.41) is 9.13. The molecule has 0 atom stereocenters. The molecule has 5 heteroatoms. The molecule has 1 aromatic heterocycles. The summed E-state index contributed by atoms with van der Waals surface area (Å²) >= 11 is 0. The van der Waals surface area contributed by atoms with Crippen molar-refractivity contribution in [3.8, 4) is 0 Å². The maximum Gasteiger partial charge on any atom is 0.337 e. The van der Waals surface area contributed by atoms with E-state index in [1.165, 1.54) is 6.07 Å². The van der Waals surface area contributed by atoms with Crippen LogP contribution >= 0.6 is 0 Å². The summed E-state index contributed by atoms with van der Waals surface area (Å²) in [6.45, 7) is 3.40. The number of aromatic carboxylic acids is 1. The van der Waals surface area contributed by atoms with Crippen LogP contribution in [0.15, 0.2) is 42.7 Å². The molecule has 5 nitrogen and oxygen atoms in total. The summed E-state index contributed by atoms with van der Waals surface area (Å²) in [6, 6.07) is 8.93. The second-order valence-corrected chi connectivity index (χ2v) is 4.41. The van der Waals surface area contributed by atoms with E-state index < -0.39 is 5.97 Å². The Morgan fingerprint density at radius 2 is 2.00 bits per heavy atom. The van der Waals surface area contributed by atoms with Crippen LogP contribution in [0, 0.1) is 0 Å². The Kier molecular flexibility index (Phi) is 4.20. The number of benzene rings is 1. The second-order valence-electron chi connectivity index (χ2n) is 4.41. The maximum atomic E-state index is 11.1. The van der Waals surface area contributed by atoms with E-state index in [4.69, 9.17) is 10.8 Å². The number of aromatic nitrogens is 1. The first-order valence-corrected chi connectivity index (χ1v) is 6.39. The van der Waals surface area contributed by atoms with E-state index in [1.54, 1.807) is 18.5 Å². The monoisotopic (exact) mass is 271 g/mol. The zero-order valence-electron chi connectivity index (χ0n) is 11.3. The van der Waals surface area contributed by atoms with Gasteiger partial charge in [0.2, 0.25) is 0 Å². The van der Waals surface area contributed by atoms with Gasteiger partial charge in [-0.05, 0) is 36.8 Å². The summed E-state index contributed by atoms with van der Waals surface area (Å²) in [5.74, 6) is -1.01. The first kappa shape index (κ1) is 13.9. The van der Waals surface area contributed by atoms with Gasteiger partial charge in [0.05, 0.1) is 16.9 Å². The number of nitrogen functional groups attached to an aromatic ring is 1. The van der Waals surface area contributed by atoms with Crippen LogP contribution in [0.4, 0.5) is 11.4 Å². The van der Waals surface area contributed by atoms with Gasteiger partial charge < -0.3 is 15.7 Å². The van der Waals surface area contributed by atoms with E-state index in [0.717, 1.165) is 17.8 Å². The summed E-state index contributed by atoms with van der Waals surface area (Å²) in [6.07, 6.45) is 3.47. The molecule has 20 heavy (non-hydrogen) atoms. The van der Waals surface area contributed by atoms with Crippen LogP contribution in [0.1, 0.15) is 22.8 Å². The molecule has 0 radical (unpaired) electrons. The van der Waals surface area contributed by atoms with Crippen molar-refractivity contribution in [1.82, 2.24) is 4.98 Å². The van der Waals surface area contributed by atoms with Gasteiger partial charge in [0, 0.05) is 25.5 Å². The van der Waals surface area contributed by atoms with Crippen molar-refractivity contribution < 1.29 is 9.90 Å². The highest BCUT2D eigenvalue weighted by molar-refractivity contribution is 5.97. The number of hydrogen-bond donors (Lipinski definition) is 2. The van der Waals surface area contributed by atoms with E-state index in [-0.39, 0.29) is 5.56 Å². The number of hydrogen-bond acceptors (Lipinski definition) is 4. The van der Waals surface area contributed by atoms with Crippen LogP contribution in [0.25, 0.3) is 0 Å². The van der Waals surface area contributed by atoms with E-state index in [0.29, 0.717) is 12.2 Å². The van der Waals surface area contributed by atoms with Crippen LogP contribution in [0.5, 0.6) is 0 Å². The molecule has 0 spiro atoms. The molecule has 2 aromatic rings. The highest BCUT2D eigenvalue weighted by atomic mass is 16.4. The molecule has 0 aliphatic carbocycles. The highest BCUT2D eigenvalue weighted by Crippen LogP contribution is 2.27. The van der Waals surface area contributed by atoms with Crippen molar-refractivity contribution in [3.63, 3.8) is 0 Å². The van der Waals surface area contributed by atoms with Crippen LogP contribution in [0.2, 0.25) is 0 Å². The third-order valence-electron chi connectivity index (χ3n) is 3.16. The molecular formula is C15H17N3O2. The molecule has 3 N–H and O–H groups in total. The Morgan fingerprint density at radius 3 is 2.60 bits per heavy atom. The molecule has 1 aromatic carbocycles. The average molecular weight is 271 g/mol. The molecule has 0 amide bonds. The predicted molar refractivity (Wildman–Crippen MR) is 78.8 cm³/mol. The number of nitrogens with two attached hydrogens (primary N) is 1. The fraction of sp³-hybridized carbons (Fsp3) is 0.200. The molecule has 0 fully saturated rings. The van der Waals surface area contributed by atoms with Crippen molar-refractivity contribution in [2.45, 2.75) is 13.5 Å². The van der Waals surface area contributed by atoms with Gasteiger partial charge in [0.15, 0.2) is 0 Å². The van der Waals surface area contributed by atoms with Crippen molar-refractivity contribution in [1.29, 1.82) is 0 Å². The standard InChI is InChI=1S/C15H17N3O2/c1-2-18(10-11-6-8-17-9-7-11)13-5-3-4-12(14(13)16)15(19)20/h3-9H,2,10,16H2,1H3,(H,19,20). The fourth-order valence-corrected chi connectivity index (χ4v) is 2.09. The van der Waals surface area contributed by atoms with Gasteiger partial charge in [-0.25, -0.2) is 4.79 Å². The molecule has 0 bridgehead atoms. The molecule has 2 rings (SSSR count). The Bertz CT molecular complexity index is 599. The molecule has 0 unspecified atom stereocenters. The van der Waals surface area contributed by atoms with Gasteiger partial charge in [-0.1, -0.05) is 6.07 Å². The quantitative estimate of drug-likeness (QED) is 0.816. The van der Waals surface area contributed by atoms with E-state index in [9.17, 15) is 4.79 Å². The lowest BCUT2D eigenvalue weighted by Crippen LogP contribution is -2.23. The minimum absolute atomic E-state index is 0.135. The van der Waals surface area contributed by atoms with Gasteiger partial charge in [-0.2, -0.15) is 0 Å². The third-order valence-corrected chi connectivity index (χ3v) is 3.16. The topological polar surface area (TPSA) is 79.5 Å². The minimum Gasteiger partial charge on any atom is -0.478 e. The molecular weight excluding hydrogens is 254 g/mol. The summed E-state index contributed by atoms with van der Waals surface area (Å²) in [7, 11) is 0. The zero-order valence-corrected chi connectivity index (χ0v) is 11.3. The highest BCUT2D eigenvalue weighted by Gasteiger charge is 2.15. The number of para-hydroxylation sites is 1. The van der Waals surface area contributed by atoms with Crippen LogP contribution in [-0.4, -0.2) is 22.6 Å². The zero-order chi connectivity index (χ0) is 14.5. The lowest BCUT2D eigenvalue weighted by atomic mass is 10.1. The van der Waals surface area contributed by atoms with Crippen molar-refractivity contribution in [2.75, 3.05) is 17.2 Å². The third kappa shape index (κ3) is 2.88. The van der Waals surface area contributed by atoms with E-state index >= 15 is 0 Å². The van der Waals surface area contributed by atoms with Gasteiger partial charge >= 0.3 is 5.97 Å². The number of rotatable bonds is 5. The van der Waals surface area contributed by atoms with Gasteiger partial charge in [0.1, 0.15) is 0 Å².